The fourth-order valence-electron chi connectivity index (χ4n) is 3.95. The lowest BCUT2D eigenvalue weighted by Crippen LogP contribution is -1.99. The Labute approximate surface area is 184 Å². The van der Waals surface area contributed by atoms with E-state index >= 15 is 0 Å². The summed E-state index contributed by atoms with van der Waals surface area (Å²) in [5, 5.41) is 2.19. The summed E-state index contributed by atoms with van der Waals surface area (Å²) >= 11 is 0. The number of para-hydroxylation sites is 1. The SMILES string of the molecule is Cc1nc(-c2ccc(-c3cccnc3)cc2)nc(-c2ccc3c(c2)oc2ccccc23)n1. The molecule has 3 heterocycles. The van der Waals surface area contributed by atoms with Gasteiger partial charge in [-0.15, -0.1) is 0 Å². The van der Waals surface area contributed by atoms with Crippen molar-refractivity contribution in [3.8, 4) is 33.9 Å². The number of nitrogens with zero attached hydrogens (tertiary/aromatic N) is 4. The highest BCUT2D eigenvalue weighted by Gasteiger charge is 2.12. The van der Waals surface area contributed by atoms with Crippen LogP contribution in [0.2, 0.25) is 0 Å². The summed E-state index contributed by atoms with van der Waals surface area (Å²) in [5.41, 5.74) is 5.71. The number of hydrogen-bond donors (Lipinski definition) is 0. The van der Waals surface area contributed by atoms with E-state index in [2.05, 4.69) is 39.2 Å². The molecule has 0 amide bonds. The maximum atomic E-state index is 6.04. The number of pyridine rings is 1. The van der Waals surface area contributed by atoms with Crippen molar-refractivity contribution in [1.82, 2.24) is 19.9 Å². The zero-order valence-electron chi connectivity index (χ0n) is 17.4. The Balaban J connectivity index is 1.40. The highest BCUT2D eigenvalue weighted by molar-refractivity contribution is 6.05. The van der Waals surface area contributed by atoms with Gasteiger partial charge in [-0.3, -0.25) is 4.98 Å². The van der Waals surface area contributed by atoms with Crippen molar-refractivity contribution in [3.63, 3.8) is 0 Å². The molecule has 0 atom stereocenters. The minimum atomic E-state index is 0.631. The molecular formula is C27H18N4O. The predicted molar refractivity (Wildman–Crippen MR) is 126 cm³/mol. The first-order valence-corrected chi connectivity index (χ1v) is 10.4. The molecule has 32 heavy (non-hydrogen) atoms. The van der Waals surface area contributed by atoms with Gasteiger partial charge in [0.05, 0.1) is 0 Å². The predicted octanol–water partition coefficient (Wildman–Crippen LogP) is 6.48. The van der Waals surface area contributed by atoms with Gasteiger partial charge in [0.2, 0.25) is 0 Å². The number of fused-ring (bicyclic) bond motifs is 3. The Morgan fingerprint density at radius 1 is 0.594 bits per heavy atom. The molecule has 0 bridgehead atoms. The molecular weight excluding hydrogens is 396 g/mol. The van der Waals surface area contributed by atoms with Gasteiger partial charge >= 0.3 is 0 Å². The van der Waals surface area contributed by atoms with E-state index in [4.69, 9.17) is 9.40 Å². The van der Waals surface area contributed by atoms with Gasteiger partial charge in [-0.2, -0.15) is 0 Å². The lowest BCUT2D eigenvalue weighted by molar-refractivity contribution is 0.669. The third kappa shape index (κ3) is 3.20. The fourth-order valence-corrected chi connectivity index (χ4v) is 3.95. The lowest BCUT2D eigenvalue weighted by Gasteiger charge is -2.07. The second-order valence-electron chi connectivity index (χ2n) is 7.66. The molecule has 3 aromatic carbocycles. The monoisotopic (exact) mass is 414 g/mol. The number of hydrogen-bond acceptors (Lipinski definition) is 5. The van der Waals surface area contributed by atoms with Crippen molar-refractivity contribution in [1.29, 1.82) is 0 Å². The van der Waals surface area contributed by atoms with E-state index < -0.39 is 0 Å². The molecule has 3 aromatic heterocycles. The summed E-state index contributed by atoms with van der Waals surface area (Å²) in [4.78, 5) is 18.1. The second-order valence-corrected chi connectivity index (χ2v) is 7.66. The van der Waals surface area contributed by atoms with E-state index in [-0.39, 0.29) is 0 Å². The highest BCUT2D eigenvalue weighted by Crippen LogP contribution is 2.31. The smallest absolute Gasteiger partial charge is 0.163 e. The van der Waals surface area contributed by atoms with Gasteiger partial charge in [0.15, 0.2) is 11.6 Å². The van der Waals surface area contributed by atoms with E-state index in [0.717, 1.165) is 44.2 Å². The van der Waals surface area contributed by atoms with Crippen LogP contribution >= 0.6 is 0 Å². The molecule has 0 aliphatic heterocycles. The minimum absolute atomic E-state index is 0.631. The summed E-state index contributed by atoms with van der Waals surface area (Å²) in [6.45, 7) is 1.89. The summed E-state index contributed by atoms with van der Waals surface area (Å²) in [6, 6.07) is 26.3. The Morgan fingerprint density at radius 2 is 1.31 bits per heavy atom. The van der Waals surface area contributed by atoms with Crippen molar-refractivity contribution in [2.75, 3.05) is 0 Å². The zero-order valence-corrected chi connectivity index (χ0v) is 17.4. The largest absolute Gasteiger partial charge is 0.456 e. The Bertz CT molecular complexity index is 1570. The Morgan fingerprint density at radius 3 is 2.12 bits per heavy atom. The molecule has 0 aliphatic carbocycles. The number of aryl methyl sites for hydroxylation is 1. The van der Waals surface area contributed by atoms with Crippen molar-refractivity contribution in [2.45, 2.75) is 6.92 Å². The first-order valence-electron chi connectivity index (χ1n) is 10.4. The van der Waals surface area contributed by atoms with Crippen LogP contribution in [-0.2, 0) is 0 Å². The van der Waals surface area contributed by atoms with Gasteiger partial charge in [-0.1, -0.05) is 54.6 Å². The first-order chi connectivity index (χ1) is 15.7. The van der Waals surface area contributed by atoms with Crippen LogP contribution in [0.25, 0.3) is 55.8 Å². The number of benzene rings is 3. The van der Waals surface area contributed by atoms with Crippen LogP contribution < -0.4 is 0 Å². The van der Waals surface area contributed by atoms with Crippen LogP contribution in [0, 0.1) is 6.92 Å². The van der Waals surface area contributed by atoms with Crippen molar-refractivity contribution in [3.05, 3.63) is 97.1 Å². The van der Waals surface area contributed by atoms with Crippen LogP contribution in [0.1, 0.15) is 5.82 Å². The van der Waals surface area contributed by atoms with Gasteiger partial charge in [0.25, 0.3) is 0 Å². The van der Waals surface area contributed by atoms with Crippen LogP contribution in [0.15, 0.2) is 95.7 Å². The number of aromatic nitrogens is 4. The molecule has 6 aromatic rings. The Kier molecular flexibility index (Phi) is 4.25. The molecule has 152 valence electrons. The molecule has 0 spiro atoms. The Hall–Kier alpha value is -4.38. The third-order valence-corrected chi connectivity index (χ3v) is 5.52. The quantitative estimate of drug-likeness (QED) is 0.332. The van der Waals surface area contributed by atoms with Gasteiger partial charge in [0, 0.05) is 34.3 Å². The van der Waals surface area contributed by atoms with E-state index in [9.17, 15) is 0 Å². The van der Waals surface area contributed by atoms with Gasteiger partial charge in [-0.05, 0) is 42.3 Å². The van der Waals surface area contributed by atoms with Crippen molar-refractivity contribution >= 4 is 21.9 Å². The standard InChI is InChI=1S/C27H18N4O/c1-17-29-26(19-10-8-18(9-11-19)21-5-4-14-28-16-21)31-27(30-17)20-12-13-23-22-6-2-3-7-24(22)32-25(23)15-20/h2-16H,1H3. The number of furan rings is 1. The summed E-state index contributed by atoms with van der Waals surface area (Å²) < 4.78 is 6.04. The maximum Gasteiger partial charge on any atom is 0.163 e. The van der Waals surface area contributed by atoms with Crippen molar-refractivity contribution < 1.29 is 4.42 Å². The molecule has 6 rings (SSSR count). The van der Waals surface area contributed by atoms with E-state index in [1.807, 2.05) is 67.7 Å². The maximum absolute atomic E-state index is 6.04. The highest BCUT2D eigenvalue weighted by atomic mass is 16.3. The molecule has 0 aliphatic rings. The van der Waals surface area contributed by atoms with E-state index in [1.54, 1.807) is 6.20 Å². The van der Waals surface area contributed by atoms with Crippen LogP contribution in [0.5, 0.6) is 0 Å². The zero-order chi connectivity index (χ0) is 21.5. The van der Waals surface area contributed by atoms with Crippen LogP contribution in [0.3, 0.4) is 0 Å². The van der Waals surface area contributed by atoms with Gasteiger partial charge in [0.1, 0.15) is 17.0 Å². The van der Waals surface area contributed by atoms with Crippen LogP contribution in [-0.4, -0.2) is 19.9 Å². The molecule has 0 fully saturated rings. The summed E-state index contributed by atoms with van der Waals surface area (Å²) in [7, 11) is 0. The fraction of sp³-hybridized carbons (Fsp3) is 0.0370. The van der Waals surface area contributed by atoms with Gasteiger partial charge < -0.3 is 4.42 Å². The molecule has 5 heteroatoms. The lowest BCUT2D eigenvalue weighted by atomic mass is 10.1. The molecule has 0 saturated heterocycles. The second kappa shape index (κ2) is 7.39. The van der Waals surface area contributed by atoms with Crippen molar-refractivity contribution in [2.24, 2.45) is 0 Å². The molecule has 0 saturated carbocycles. The summed E-state index contributed by atoms with van der Waals surface area (Å²) in [6.07, 6.45) is 3.63. The minimum Gasteiger partial charge on any atom is -0.456 e. The average molecular weight is 414 g/mol. The normalized spacial score (nSPS) is 11.3. The van der Waals surface area contributed by atoms with E-state index in [1.165, 1.54) is 0 Å². The molecule has 0 N–H and O–H groups in total. The van der Waals surface area contributed by atoms with E-state index in [0.29, 0.717) is 17.5 Å². The van der Waals surface area contributed by atoms with Gasteiger partial charge in [-0.25, -0.2) is 15.0 Å². The number of rotatable bonds is 3. The molecule has 5 nitrogen and oxygen atoms in total. The average Bonchev–Trinajstić information content (AvgIpc) is 3.22. The third-order valence-electron chi connectivity index (χ3n) is 5.52. The molecule has 0 unspecified atom stereocenters. The summed E-state index contributed by atoms with van der Waals surface area (Å²) in [5.74, 6) is 1.95. The first kappa shape index (κ1) is 18.4. The van der Waals surface area contributed by atoms with Crippen LogP contribution in [0.4, 0.5) is 0 Å². The molecule has 0 radical (unpaired) electrons. The topological polar surface area (TPSA) is 64.7 Å².